The number of anilines is 1. The minimum atomic E-state index is -1.07. The Kier molecular flexibility index (Phi) is 5.59. The number of aliphatic carboxylic acids is 1. The van der Waals surface area contributed by atoms with Crippen LogP contribution in [0.5, 0.6) is 0 Å². The number of para-hydroxylation sites is 1. The van der Waals surface area contributed by atoms with Crippen LogP contribution in [0.15, 0.2) is 24.3 Å². The highest BCUT2D eigenvalue weighted by atomic mass is 32.2. The van der Waals surface area contributed by atoms with Gasteiger partial charge in [0.15, 0.2) is 0 Å². The van der Waals surface area contributed by atoms with Gasteiger partial charge in [0.05, 0.1) is 5.75 Å². The molecular formula is C14H20N2O3S. The monoisotopic (exact) mass is 296 g/mol. The number of thioether (sulfide) groups is 1. The van der Waals surface area contributed by atoms with Crippen LogP contribution in [0.1, 0.15) is 19.4 Å². The Bertz CT molecular complexity index is 503. The molecular weight excluding hydrogens is 276 g/mol. The lowest BCUT2D eigenvalue weighted by molar-refractivity contribution is -0.139. The van der Waals surface area contributed by atoms with Gasteiger partial charge in [-0.25, -0.2) is 0 Å². The Morgan fingerprint density at radius 3 is 2.55 bits per heavy atom. The maximum absolute atomic E-state index is 11.9. The van der Waals surface area contributed by atoms with E-state index < -0.39 is 16.8 Å². The Balaban J connectivity index is 2.56. The minimum absolute atomic E-state index is 0.155. The van der Waals surface area contributed by atoms with Crippen LogP contribution in [0.3, 0.4) is 0 Å². The summed E-state index contributed by atoms with van der Waals surface area (Å²) in [5, 5.41) is 11.7. The first-order valence-electron chi connectivity index (χ1n) is 6.22. The molecule has 0 unspecified atom stereocenters. The van der Waals surface area contributed by atoms with E-state index in [9.17, 15) is 9.59 Å². The number of carbonyl (C=O) groups excluding carboxylic acids is 1. The highest BCUT2D eigenvalue weighted by Gasteiger charge is 2.33. The molecule has 1 rings (SSSR count). The van der Waals surface area contributed by atoms with Gasteiger partial charge in [-0.2, -0.15) is 0 Å². The Morgan fingerprint density at radius 2 is 2.00 bits per heavy atom. The van der Waals surface area contributed by atoms with Crippen molar-refractivity contribution in [3.05, 3.63) is 29.8 Å². The molecule has 1 amide bonds. The maximum atomic E-state index is 11.9. The lowest BCUT2D eigenvalue weighted by Gasteiger charge is -2.27. The number of rotatable bonds is 6. The number of carboxylic acids is 1. The predicted molar refractivity (Wildman–Crippen MR) is 82.0 cm³/mol. The quantitative estimate of drug-likeness (QED) is 0.745. The number of benzene rings is 1. The normalized spacial score (nSPS) is 12.8. The van der Waals surface area contributed by atoms with Gasteiger partial charge in [-0.1, -0.05) is 18.2 Å². The molecule has 1 aromatic carbocycles. The second-order valence-corrected chi connectivity index (χ2v) is 6.70. The third-order valence-electron chi connectivity index (χ3n) is 3.01. The van der Waals surface area contributed by atoms with Gasteiger partial charge in [0.25, 0.3) is 0 Å². The van der Waals surface area contributed by atoms with Crippen molar-refractivity contribution in [2.24, 2.45) is 5.73 Å². The number of nitrogens with two attached hydrogens (primary N) is 1. The molecule has 0 aromatic heterocycles. The van der Waals surface area contributed by atoms with Crippen molar-refractivity contribution in [1.29, 1.82) is 0 Å². The van der Waals surface area contributed by atoms with Gasteiger partial charge in [0, 0.05) is 10.4 Å². The molecule has 1 aromatic rings. The third kappa shape index (κ3) is 4.54. The van der Waals surface area contributed by atoms with Crippen molar-refractivity contribution >= 4 is 29.3 Å². The van der Waals surface area contributed by atoms with Crippen molar-refractivity contribution in [2.45, 2.75) is 31.6 Å². The number of nitrogens with one attached hydrogen (secondary N) is 1. The highest BCUT2D eigenvalue weighted by molar-refractivity contribution is 8.01. The number of hydrogen-bond donors (Lipinski definition) is 3. The van der Waals surface area contributed by atoms with E-state index in [0.29, 0.717) is 0 Å². The van der Waals surface area contributed by atoms with Gasteiger partial charge in [-0.05, 0) is 32.4 Å². The molecule has 0 aliphatic carbocycles. The van der Waals surface area contributed by atoms with Crippen LogP contribution in [-0.4, -0.2) is 33.5 Å². The number of hydrogen-bond acceptors (Lipinski definition) is 4. The van der Waals surface area contributed by atoms with Crippen LogP contribution < -0.4 is 11.1 Å². The Hall–Kier alpha value is -1.53. The van der Waals surface area contributed by atoms with Crippen molar-refractivity contribution < 1.29 is 14.7 Å². The second kappa shape index (κ2) is 6.76. The smallest absolute Gasteiger partial charge is 0.321 e. The van der Waals surface area contributed by atoms with E-state index in [0.717, 1.165) is 11.3 Å². The first kappa shape index (κ1) is 16.5. The largest absolute Gasteiger partial charge is 0.480 e. The molecule has 0 aliphatic rings. The summed E-state index contributed by atoms with van der Waals surface area (Å²) in [6.45, 7) is 5.35. The van der Waals surface area contributed by atoms with Gasteiger partial charge in [0.2, 0.25) is 5.91 Å². The zero-order valence-electron chi connectivity index (χ0n) is 11.8. The molecule has 5 nitrogen and oxygen atoms in total. The number of aryl methyl sites for hydroxylation is 1. The van der Waals surface area contributed by atoms with Crippen molar-refractivity contribution in [2.75, 3.05) is 11.1 Å². The molecule has 0 fully saturated rings. The summed E-state index contributed by atoms with van der Waals surface area (Å²) in [5.41, 5.74) is 7.35. The average Bonchev–Trinajstić information content (AvgIpc) is 2.38. The molecule has 0 heterocycles. The zero-order valence-corrected chi connectivity index (χ0v) is 12.7. The lowest BCUT2D eigenvalue weighted by Crippen LogP contribution is -2.47. The highest BCUT2D eigenvalue weighted by Crippen LogP contribution is 2.27. The van der Waals surface area contributed by atoms with Crippen LogP contribution in [0.4, 0.5) is 5.69 Å². The van der Waals surface area contributed by atoms with E-state index in [4.69, 9.17) is 10.8 Å². The first-order chi connectivity index (χ1) is 9.24. The molecule has 4 N–H and O–H groups in total. The van der Waals surface area contributed by atoms with Crippen LogP contribution in [0, 0.1) is 6.92 Å². The maximum Gasteiger partial charge on any atom is 0.321 e. The first-order valence-corrected chi connectivity index (χ1v) is 7.20. The summed E-state index contributed by atoms with van der Waals surface area (Å²) in [4.78, 5) is 22.8. The summed E-state index contributed by atoms with van der Waals surface area (Å²) in [5.74, 6) is -1.08. The summed E-state index contributed by atoms with van der Waals surface area (Å²) in [6.07, 6.45) is 0. The predicted octanol–water partition coefficient (Wildman–Crippen LogP) is 1.86. The van der Waals surface area contributed by atoms with E-state index in [1.807, 2.05) is 31.2 Å². The average molecular weight is 296 g/mol. The zero-order chi connectivity index (χ0) is 15.3. The van der Waals surface area contributed by atoms with Crippen molar-refractivity contribution in [3.63, 3.8) is 0 Å². The van der Waals surface area contributed by atoms with Gasteiger partial charge < -0.3 is 16.2 Å². The fourth-order valence-corrected chi connectivity index (χ4v) is 2.39. The van der Waals surface area contributed by atoms with E-state index >= 15 is 0 Å². The minimum Gasteiger partial charge on any atom is -0.480 e. The second-order valence-electron chi connectivity index (χ2n) is 5.07. The SMILES string of the molecule is Cc1ccccc1NC(=O)CSC(C)(C)[C@H](N)C(=O)O. The molecule has 0 saturated heterocycles. The summed E-state index contributed by atoms with van der Waals surface area (Å²) in [7, 11) is 0. The lowest BCUT2D eigenvalue weighted by atomic mass is 10.1. The van der Waals surface area contributed by atoms with E-state index in [2.05, 4.69) is 5.32 Å². The summed E-state index contributed by atoms with van der Waals surface area (Å²) < 4.78 is -0.713. The number of carbonyl (C=O) groups is 2. The fourth-order valence-electron chi connectivity index (χ4n) is 1.54. The van der Waals surface area contributed by atoms with Crippen LogP contribution in [0.25, 0.3) is 0 Å². The number of carboxylic acid groups (broad SMARTS) is 1. The van der Waals surface area contributed by atoms with E-state index in [1.54, 1.807) is 13.8 Å². The van der Waals surface area contributed by atoms with Gasteiger partial charge >= 0.3 is 5.97 Å². The molecule has 6 heteroatoms. The standard InChI is InChI=1S/C14H20N2O3S/c1-9-6-4-5-7-10(9)16-11(17)8-20-14(2,3)12(15)13(18)19/h4-7,12H,8,15H2,1-3H3,(H,16,17)(H,18,19)/t12-/m1/s1. The van der Waals surface area contributed by atoms with Gasteiger partial charge in [-0.15, -0.1) is 11.8 Å². The topological polar surface area (TPSA) is 92.4 Å². The molecule has 0 bridgehead atoms. The summed E-state index contributed by atoms with van der Waals surface area (Å²) in [6, 6.07) is 6.46. The van der Waals surface area contributed by atoms with Crippen LogP contribution in [-0.2, 0) is 9.59 Å². The molecule has 1 atom stereocenters. The van der Waals surface area contributed by atoms with Gasteiger partial charge in [-0.3, -0.25) is 9.59 Å². The summed E-state index contributed by atoms with van der Waals surface area (Å²) >= 11 is 1.23. The fraction of sp³-hybridized carbons (Fsp3) is 0.429. The van der Waals surface area contributed by atoms with Crippen molar-refractivity contribution in [3.8, 4) is 0 Å². The van der Waals surface area contributed by atoms with Crippen LogP contribution >= 0.6 is 11.8 Å². The van der Waals surface area contributed by atoms with Gasteiger partial charge in [0.1, 0.15) is 6.04 Å². The molecule has 0 aliphatic heterocycles. The number of amides is 1. The molecule has 0 spiro atoms. The Labute approximate surface area is 122 Å². The molecule has 0 saturated carbocycles. The van der Waals surface area contributed by atoms with E-state index in [-0.39, 0.29) is 11.7 Å². The van der Waals surface area contributed by atoms with Crippen LogP contribution in [0.2, 0.25) is 0 Å². The third-order valence-corrected chi connectivity index (χ3v) is 4.41. The molecule has 110 valence electrons. The molecule has 20 heavy (non-hydrogen) atoms. The molecule has 0 radical (unpaired) electrons. The Morgan fingerprint density at radius 1 is 1.40 bits per heavy atom. The van der Waals surface area contributed by atoms with E-state index in [1.165, 1.54) is 11.8 Å². The van der Waals surface area contributed by atoms with Crippen molar-refractivity contribution in [1.82, 2.24) is 0 Å².